The second-order valence-electron chi connectivity index (χ2n) is 3.22. The van der Waals surface area contributed by atoms with E-state index in [1.54, 1.807) is 0 Å². The van der Waals surface area contributed by atoms with E-state index < -0.39 is 0 Å². The highest BCUT2D eigenvalue weighted by atomic mass is 15.5. The summed E-state index contributed by atoms with van der Waals surface area (Å²) in [6, 6.07) is 7.52. The number of aromatic nitrogens is 4. The van der Waals surface area contributed by atoms with Crippen LogP contribution >= 0.6 is 0 Å². The Morgan fingerprint density at radius 3 is 2.87 bits per heavy atom. The van der Waals surface area contributed by atoms with Gasteiger partial charge in [0.15, 0.2) is 5.82 Å². The maximum absolute atomic E-state index is 5.80. The molecule has 0 fully saturated rings. The van der Waals surface area contributed by atoms with Gasteiger partial charge in [-0.1, -0.05) is 17.3 Å². The average molecular weight is 204 g/mol. The molecule has 4 N–H and O–H groups in total. The molecule has 1 unspecified atom stereocenters. The maximum atomic E-state index is 5.80. The van der Waals surface area contributed by atoms with Gasteiger partial charge in [-0.3, -0.25) is 0 Å². The fourth-order valence-corrected chi connectivity index (χ4v) is 1.28. The number of nitrogens with two attached hydrogens (primary N) is 1. The van der Waals surface area contributed by atoms with Crippen LogP contribution in [0.5, 0.6) is 0 Å². The summed E-state index contributed by atoms with van der Waals surface area (Å²) in [5.74, 6) is 0.609. The van der Waals surface area contributed by atoms with Gasteiger partial charge in [0.05, 0.1) is 17.4 Å². The molecule has 0 bridgehead atoms. The second kappa shape index (κ2) is 3.95. The summed E-state index contributed by atoms with van der Waals surface area (Å²) in [5.41, 5.74) is 7.37. The zero-order valence-electron chi connectivity index (χ0n) is 8.31. The summed E-state index contributed by atoms with van der Waals surface area (Å²) < 4.78 is 0. The van der Waals surface area contributed by atoms with Gasteiger partial charge in [-0.15, -0.1) is 10.2 Å². The SMILES string of the molecule is CC(Nc1ccccc1N)c1nn[nH]n1. The number of rotatable bonds is 3. The normalized spacial score (nSPS) is 12.3. The molecule has 15 heavy (non-hydrogen) atoms. The summed E-state index contributed by atoms with van der Waals surface area (Å²) in [4.78, 5) is 0. The van der Waals surface area contributed by atoms with Crippen molar-refractivity contribution in [3.8, 4) is 0 Å². The molecule has 0 aliphatic rings. The Morgan fingerprint density at radius 2 is 2.20 bits per heavy atom. The number of tetrazole rings is 1. The molecule has 1 aromatic carbocycles. The first-order chi connectivity index (χ1) is 7.27. The van der Waals surface area contributed by atoms with Crippen molar-refractivity contribution in [1.82, 2.24) is 20.6 Å². The molecule has 0 amide bonds. The van der Waals surface area contributed by atoms with Crippen LogP contribution in [0.4, 0.5) is 11.4 Å². The molecular formula is C9H12N6. The van der Waals surface area contributed by atoms with Crippen LogP contribution in [-0.4, -0.2) is 20.6 Å². The van der Waals surface area contributed by atoms with Crippen LogP contribution in [0, 0.1) is 0 Å². The van der Waals surface area contributed by atoms with E-state index in [2.05, 4.69) is 25.9 Å². The minimum Gasteiger partial charge on any atom is -0.397 e. The monoisotopic (exact) mass is 204 g/mol. The van der Waals surface area contributed by atoms with E-state index in [1.807, 2.05) is 31.2 Å². The number of aromatic amines is 1. The topological polar surface area (TPSA) is 92.5 Å². The number of hydrogen-bond acceptors (Lipinski definition) is 5. The third-order valence-corrected chi connectivity index (χ3v) is 2.08. The Labute approximate surface area is 86.9 Å². The zero-order valence-corrected chi connectivity index (χ0v) is 8.31. The number of H-pyrrole nitrogens is 1. The predicted octanol–water partition coefficient (Wildman–Crippen LogP) is 0.955. The fourth-order valence-electron chi connectivity index (χ4n) is 1.28. The van der Waals surface area contributed by atoms with E-state index in [-0.39, 0.29) is 6.04 Å². The smallest absolute Gasteiger partial charge is 0.196 e. The van der Waals surface area contributed by atoms with Gasteiger partial charge in [0.25, 0.3) is 0 Å². The lowest BCUT2D eigenvalue weighted by atomic mass is 10.2. The molecule has 0 radical (unpaired) electrons. The Morgan fingerprint density at radius 1 is 1.40 bits per heavy atom. The molecule has 78 valence electrons. The lowest BCUT2D eigenvalue weighted by molar-refractivity contribution is 0.794. The minimum absolute atomic E-state index is 0.0338. The van der Waals surface area contributed by atoms with Crippen LogP contribution in [0.2, 0.25) is 0 Å². The lowest BCUT2D eigenvalue weighted by Gasteiger charge is -2.12. The van der Waals surface area contributed by atoms with Gasteiger partial charge in [0, 0.05) is 0 Å². The Kier molecular flexibility index (Phi) is 2.49. The number of nitrogens with one attached hydrogen (secondary N) is 2. The third kappa shape index (κ3) is 2.04. The van der Waals surface area contributed by atoms with Crippen LogP contribution in [0.3, 0.4) is 0 Å². The standard InChI is InChI=1S/C9H12N6/c1-6(9-12-14-15-13-9)11-8-5-3-2-4-7(8)10/h2-6,11H,10H2,1H3,(H,12,13,14,15). The summed E-state index contributed by atoms with van der Waals surface area (Å²) in [7, 11) is 0. The molecule has 0 saturated heterocycles. The van der Waals surface area contributed by atoms with Gasteiger partial charge in [-0.25, -0.2) is 0 Å². The minimum atomic E-state index is -0.0338. The van der Waals surface area contributed by atoms with Gasteiger partial charge in [0.2, 0.25) is 0 Å². The average Bonchev–Trinajstić information content (AvgIpc) is 2.74. The molecule has 1 aromatic heterocycles. The van der Waals surface area contributed by atoms with Crippen LogP contribution in [0.25, 0.3) is 0 Å². The van der Waals surface area contributed by atoms with Crippen molar-refractivity contribution in [2.45, 2.75) is 13.0 Å². The van der Waals surface area contributed by atoms with Gasteiger partial charge in [-0.2, -0.15) is 5.21 Å². The molecule has 1 atom stereocenters. The van der Waals surface area contributed by atoms with Crippen LogP contribution in [0.15, 0.2) is 24.3 Å². The van der Waals surface area contributed by atoms with Crippen LogP contribution in [-0.2, 0) is 0 Å². The molecule has 0 aliphatic carbocycles. The van der Waals surface area contributed by atoms with Crippen molar-refractivity contribution >= 4 is 11.4 Å². The molecule has 2 aromatic rings. The Hall–Kier alpha value is -2.11. The van der Waals surface area contributed by atoms with Gasteiger partial charge < -0.3 is 11.1 Å². The first kappa shape index (κ1) is 9.45. The van der Waals surface area contributed by atoms with Gasteiger partial charge >= 0.3 is 0 Å². The maximum Gasteiger partial charge on any atom is 0.196 e. The predicted molar refractivity (Wildman–Crippen MR) is 57.1 cm³/mol. The van der Waals surface area contributed by atoms with E-state index >= 15 is 0 Å². The van der Waals surface area contributed by atoms with E-state index in [4.69, 9.17) is 5.73 Å². The third-order valence-electron chi connectivity index (χ3n) is 2.08. The molecular weight excluding hydrogens is 192 g/mol. The summed E-state index contributed by atoms with van der Waals surface area (Å²) in [5, 5.41) is 16.9. The number of anilines is 2. The molecule has 2 rings (SSSR count). The van der Waals surface area contributed by atoms with Crippen molar-refractivity contribution in [3.63, 3.8) is 0 Å². The fraction of sp³-hybridized carbons (Fsp3) is 0.222. The van der Waals surface area contributed by atoms with E-state index in [9.17, 15) is 0 Å². The lowest BCUT2D eigenvalue weighted by Crippen LogP contribution is -2.09. The first-order valence-corrected chi connectivity index (χ1v) is 4.62. The molecule has 0 saturated carbocycles. The number of hydrogen-bond donors (Lipinski definition) is 3. The van der Waals surface area contributed by atoms with E-state index in [0.717, 1.165) is 5.69 Å². The van der Waals surface area contributed by atoms with Gasteiger partial charge in [0.1, 0.15) is 0 Å². The summed E-state index contributed by atoms with van der Waals surface area (Å²) >= 11 is 0. The zero-order chi connectivity index (χ0) is 10.7. The van der Waals surface area contributed by atoms with Crippen molar-refractivity contribution in [3.05, 3.63) is 30.1 Å². The highest BCUT2D eigenvalue weighted by Gasteiger charge is 2.10. The highest BCUT2D eigenvalue weighted by molar-refractivity contribution is 5.65. The molecule has 0 aliphatic heterocycles. The van der Waals surface area contributed by atoms with Crippen molar-refractivity contribution < 1.29 is 0 Å². The largest absolute Gasteiger partial charge is 0.397 e. The number of benzene rings is 1. The Balaban J connectivity index is 2.13. The molecule has 6 nitrogen and oxygen atoms in total. The van der Waals surface area contributed by atoms with Crippen molar-refractivity contribution in [2.24, 2.45) is 0 Å². The highest BCUT2D eigenvalue weighted by Crippen LogP contribution is 2.21. The van der Waals surface area contributed by atoms with E-state index in [1.165, 1.54) is 0 Å². The molecule has 1 heterocycles. The van der Waals surface area contributed by atoms with Crippen molar-refractivity contribution in [2.75, 3.05) is 11.1 Å². The number of nitrogens with zero attached hydrogens (tertiary/aromatic N) is 3. The van der Waals surface area contributed by atoms with Crippen LogP contribution < -0.4 is 11.1 Å². The number of para-hydroxylation sites is 2. The summed E-state index contributed by atoms with van der Waals surface area (Å²) in [6.07, 6.45) is 0. The summed E-state index contributed by atoms with van der Waals surface area (Å²) in [6.45, 7) is 1.94. The van der Waals surface area contributed by atoms with Crippen molar-refractivity contribution in [1.29, 1.82) is 0 Å². The molecule has 0 spiro atoms. The molecule has 6 heteroatoms. The second-order valence-corrected chi connectivity index (χ2v) is 3.22. The Bertz CT molecular complexity index is 424. The first-order valence-electron chi connectivity index (χ1n) is 4.62. The van der Waals surface area contributed by atoms with Gasteiger partial charge in [-0.05, 0) is 19.1 Å². The van der Waals surface area contributed by atoms with Crippen LogP contribution in [0.1, 0.15) is 18.8 Å². The number of nitrogen functional groups attached to an aromatic ring is 1. The van der Waals surface area contributed by atoms with E-state index in [0.29, 0.717) is 11.5 Å². The quantitative estimate of drug-likeness (QED) is 0.647.